The molecule has 0 bridgehead atoms. The Morgan fingerprint density at radius 1 is 1.50 bits per heavy atom. The molecule has 0 amide bonds. The van der Waals surface area contributed by atoms with Crippen molar-refractivity contribution in [1.29, 1.82) is 0 Å². The molecule has 0 unspecified atom stereocenters. The van der Waals surface area contributed by atoms with Crippen LogP contribution in [0.3, 0.4) is 0 Å². The van der Waals surface area contributed by atoms with E-state index in [4.69, 9.17) is 4.74 Å². The first-order chi connectivity index (χ1) is 7.61. The third kappa shape index (κ3) is 2.05. The summed E-state index contributed by atoms with van der Waals surface area (Å²) in [6.45, 7) is 4.29. The van der Waals surface area contributed by atoms with Gasteiger partial charge in [-0.1, -0.05) is 22.0 Å². The second-order valence-corrected chi connectivity index (χ2v) is 4.72. The highest BCUT2D eigenvalue weighted by molar-refractivity contribution is 9.10. The molecule has 1 aromatic rings. The van der Waals surface area contributed by atoms with Crippen molar-refractivity contribution < 1.29 is 9.53 Å². The number of rotatable bonds is 2. The van der Waals surface area contributed by atoms with Crippen molar-refractivity contribution in [2.45, 2.75) is 20.3 Å². The van der Waals surface area contributed by atoms with Gasteiger partial charge in [0.05, 0.1) is 6.61 Å². The van der Waals surface area contributed by atoms with E-state index in [1.165, 1.54) is 11.1 Å². The van der Waals surface area contributed by atoms with Gasteiger partial charge in [-0.3, -0.25) is 0 Å². The van der Waals surface area contributed by atoms with Crippen LogP contribution < -0.4 is 0 Å². The van der Waals surface area contributed by atoms with E-state index in [0.29, 0.717) is 13.0 Å². The van der Waals surface area contributed by atoms with Gasteiger partial charge >= 0.3 is 5.97 Å². The van der Waals surface area contributed by atoms with Crippen molar-refractivity contribution in [3.8, 4) is 0 Å². The van der Waals surface area contributed by atoms with Crippen molar-refractivity contribution in [3.63, 3.8) is 0 Å². The van der Waals surface area contributed by atoms with Crippen LogP contribution in [-0.4, -0.2) is 12.6 Å². The zero-order valence-corrected chi connectivity index (χ0v) is 10.9. The number of ether oxygens (including phenoxy) is 1. The van der Waals surface area contributed by atoms with E-state index in [-0.39, 0.29) is 5.97 Å². The monoisotopic (exact) mass is 280 g/mol. The van der Waals surface area contributed by atoms with Crippen LogP contribution in [0.2, 0.25) is 0 Å². The molecule has 0 N–H and O–H groups in total. The van der Waals surface area contributed by atoms with Crippen molar-refractivity contribution >= 4 is 28.0 Å². The van der Waals surface area contributed by atoms with Crippen LogP contribution in [0.25, 0.3) is 6.08 Å². The van der Waals surface area contributed by atoms with Gasteiger partial charge in [-0.05, 0) is 42.7 Å². The Balaban J connectivity index is 2.28. The molecule has 0 aromatic heterocycles. The van der Waals surface area contributed by atoms with E-state index >= 15 is 0 Å². The zero-order chi connectivity index (χ0) is 11.7. The molecule has 16 heavy (non-hydrogen) atoms. The Kier molecular flexibility index (Phi) is 3.15. The van der Waals surface area contributed by atoms with E-state index in [1.54, 1.807) is 0 Å². The molecule has 2 nitrogen and oxygen atoms in total. The second-order valence-electron chi connectivity index (χ2n) is 3.87. The molecule has 3 heteroatoms. The fourth-order valence-electron chi connectivity index (χ4n) is 1.83. The summed E-state index contributed by atoms with van der Waals surface area (Å²) >= 11 is 3.50. The lowest BCUT2D eigenvalue weighted by Gasteiger charge is -2.03. The maximum atomic E-state index is 11.6. The molecular formula is C13H13BrO2. The minimum absolute atomic E-state index is 0.201. The van der Waals surface area contributed by atoms with Gasteiger partial charge in [0, 0.05) is 16.5 Å². The Morgan fingerprint density at radius 2 is 2.25 bits per heavy atom. The topological polar surface area (TPSA) is 26.3 Å². The quantitative estimate of drug-likeness (QED) is 0.778. The van der Waals surface area contributed by atoms with Gasteiger partial charge in [-0.15, -0.1) is 0 Å². The number of fused-ring (bicyclic) bond motifs is 1. The van der Waals surface area contributed by atoms with Gasteiger partial charge in [0.1, 0.15) is 0 Å². The highest BCUT2D eigenvalue weighted by atomic mass is 79.9. The number of benzene rings is 1. The van der Waals surface area contributed by atoms with Crippen LogP contribution in [0.5, 0.6) is 0 Å². The summed E-state index contributed by atoms with van der Waals surface area (Å²) in [4.78, 5) is 11.6. The third-order valence-electron chi connectivity index (χ3n) is 2.67. The standard InChI is InChI=1S/C13H13BrO2/c1-3-16-13(15)11-5-9-4-8(2)12(14)7-10(9)6-11/h4-5,7H,3,6H2,1-2H3. The van der Waals surface area contributed by atoms with Gasteiger partial charge in [0.25, 0.3) is 0 Å². The molecule has 2 rings (SSSR count). The second kappa shape index (κ2) is 4.42. The van der Waals surface area contributed by atoms with E-state index in [0.717, 1.165) is 15.6 Å². The van der Waals surface area contributed by atoms with Crippen LogP contribution >= 0.6 is 15.9 Å². The maximum absolute atomic E-state index is 11.6. The molecule has 0 radical (unpaired) electrons. The Labute approximate surface area is 103 Å². The van der Waals surface area contributed by atoms with Crippen LogP contribution in [0.1, 0.15) is 23.6 Å². The molecule has 0 spiro atoms. The normalized spacial score (nSPS) is 13.3. The number of carbonyl (C=O) groups is 1. The number of hydrogen-bond donors (Lipinski definition) is 0. The summed E-state index contributed by atoms with van der Waals surface area (Å²) in [5.41, 5.74) is 4.23. The van der Waals surface area contributed by atoms with Gasteiger partial charge in [0.15, 0.2) is 0 Å². The summed E-state index contributed by atoms with van der Waals surface area (Å²) in [7, 11) is 0. The smallest absolute Gasteiger partial charge is 0.334 e. The van der Waals surface area contributed by atoms with Crippen LogP contribution in [-0.2, 0) is 16.0 Å². The van der Waals surface area contributed by atoms with Gasteiger partial charge in [-0.25, -0.2) is 4.79 Å². The first kappa shape index (κ1) is 11.4. The lowest BCUT2D eigenvalue weighted by atomic mass is 10.1. The lowest BCUT2D eigenvalue weighted by molar-refractivity contribution is -0.138. The fraction of sp³-hybridized carbons (Fsp3) is 0.308. The van der Waals surface area contributed by atoms with Crippen LogP contribution in [0.15, 0.2) is 22.2 Å². The first-order valence-electron chi connectivity index (χ1n) is 5.28. The predicted molar refractivity (Wildman–Crippen MR) is 67.2 cm³/mol. The summed E-state index contributed by atoms with van der Waals surface area (Å²) < 4.78 is 6.09. The molecule has 1 aliphatic carbocycles. The number of carbonyl (C=O) groups excluding carboxylic acids is 1. The Bertz CT molecular complexity index is 475. The van der Waals surface area contributed by atoms with Crippen LogP contribution in [0.4, 0.5) is 0 Å². The molecule has 0 fully saturated rings. The first-order valence-corrected chi connectivity index (χ1v) is 6.08. The van der Waals surface area contributed by atoms with Crippen LogP contribution in [0, 0.1) is 6.92 Å². The number of halogens is 1. The van der Waals surface area contributed by atoms with Crippen molar-refractivity contribution in [2.75, 3.05) is 6.61 Å². The van der Waals surface area contributed by atoms with Crippen molar-refractivity contribution in [2.24, 2.45) is 0 Å². The molecule has 0 saturated heterocycles. The summed E-state index contributed by atoms with van der Waals surface area (Å²) in [5.74, 6) is -0.201. The van der Waals surface area contributed by atoms with E-state index in [9.17, 15) is 4.79 Å². The molecule has 84 valence electrons. The van der Waals surface area contributed by atoms with Crippen molar-refractivity contribution in [1.82, 2.24) is 0 Å². The van der Waals surface area contributed by atoms with E-state index < -0.39 is 0 Å². The minimum atomic E-state index is -0.201. The Morgan fingerprint density at radius 3 is 2.94 bits per heavy atom. The van der Waals surface area contributed by atoms with E-state index in [1.807, 2.05) is 19.9 Å². The average Bonchev–Trinajstić information content (AvgIpc) is 2.62. The van der Waals surface area contributed by atoms with E-state index in [2.05, 4.69) is 28.1 Å². The zero-order valence-electron chi connectivity index (χ0n) is 9.34. The molecular weight excluding hydrogens is 268 g/mol. The lowest BCUT2D eigenvalue weighted by Crippen LogP contribution is -2.07. The molecule has 0 aliphatic heterocycles. The highest BCUT2D eigenvalue weighted by Gasteiger charge is 2.20. The molecule has 1 aliphatic rings. The molecule has 0 heterocycles. The number of aryl methyl sites for hydroxylation is 1. The summed E-state index contributed by atoms with van der Waals surface area (Å²) in [6.07, 6.45) is 2.60. The number of hydrogen-bond acceptors (Lipinski definition) is 2. The SMILES string of the molecule is CCOC(=O)C1=Cc2cc(C)c(Br)cc2C1. The average molecular weight is 281 g/mol. The van der Waals surface area contributed by atoms with Crippen molar-refractivity contribution in [3.05, 3.63) is 38.9 Å². The Hall–Kier alpha value is -1.09. The van der Waals surface area contributed by atoms with Gasteiger partial charge in [-0.2, -0.15) is 0 Å². The summed E-state index contributed by atoms with van der Waals surface area (Å²) in [6, 6.07) is 4.17. The highest BCUT2D eigenvalue weighted by Crippen LogP contribution is 2.30. The number of esters is 1. The summed E-state index contributed by atoms with van der Waals surface area (Å²) in [5, 5.41) is 0. The largest absolute Gasteiger partial charge is 0.463 e. The molecule has 0 saturated carbocycles. The minimum Gasteiger partial charge on any atom is -0.463 e. The maximum Gasteiger partial charge on any atom is 0.334 e. The predicted octanol–water partition coefficient (Wildman–Crippen LogP) is 3.26. The molecule has 1 aromatic carbocycles. The van der Waals surface area contributed by atoms with Gasteiger partial charge in [0.2, 0.25) is 0 Å². The fourth-order valence-corrected chi connectivity index (χ4v) is 2.22. The molecule has 0 atom stereocenters. The van der Waals surface area contributed by atoms with Gasteiger partial charge < -0.3 is 4.74 Å². The third-order valence-corrected chi connectivity index (χ3v) is 3.52.